The maximum absolute atomic E-state index is 13.6. The van der Waals surface area contributed by atoms with E-state index < -0.39 is 9.84 Å². The van der Waals surface area contributed by atoms with E-state index in [4.69, 9.17) is 0 Å². The summed E-state index contributed by atoms with van der Waals surface area (Å²) in [5.74, 6) is 1.14. The Morgan fingerprint density at radius 2 is 1.81 bits per heavy atom. The molecule has 0 spiro atoms. The quantitative estimate of drug-likeness (QED) is 0.410. The molecule has 32 heavy (non-hydrogen) atoms. The molecule has 0 amide bonds. The lowest BCUT2D eigenvalue weighted by Crippen LogP contribution is -2.02. The van der Waals surface area contributed by atoms with Gasteiger partial charge in [-0.3, -0.25) is 4.98 Å². The van der Waals surface area contributed by atoms with Gasteiger partial charge in [0, 0.05) is 40.4 Å². The summed E-state index contributed by atoms with van der Waals surface area (Å²) in [6, 6.07) is 13.3. The third-order valence-electron chi connectivity index (χ3n) is 5.76. The first kappa shape index (κ1) is 22.5. The molecule has 1 heterocycles. The Morgan fingerprint density at radius 1 is 1.09 bits per heavy atom. The Labute approximate surface area is 192 Å². The number of nitriles is 1. The Morgan fingerprint density at radius 3 is 2.47 bits per heavy atom. The van der Waals surface area contributed by atoms with Crippen LogP contribution in [-0.4, -0.2) is 25.4 Å². The van der Waals surface area contributed by atoms with Crippen LogP contribution < -0.4 is 0 Å². The number of thioether (sulfide) groups is 1. The smallest absolute Gasteiger partial charge is 0.175 e. The molecule has 0 atom stereocenters. The Kier molecular flexibility index (Phi) is 6.63. The number of hydrogen-bond acceptors (Lipinski definition) is 5. The molecule has 0 aliphatic heterocycles. The number of benzene rings is 2. The molecule has 0 N–H and O–H groups in total. The van der Waals surface area contributed by atoms with Crippen LogP contribution in [0.25, 0.3) is 22.3 Å². The molecule has 164 valence electrons. The lowest BCUT2D eigenvalue weighted by Gasteiger charge is -2.18. The molecule has 4 rings (SSSR count). The van der Waals surface area contributed by atoms with Crippen LogP contribution in [0.5, 0.6) is 0 Å². The molecule has 2 aromatic carbocycles. The number of pyridine rings is 1. The van der Waals surface area contributed by atoms with Crippen LogP contribution in [0.2, 0.25) is 0 Å². The highest BCUT2D eigenvalue weighted by Gasteiger charge is 2.22. The van der Waals surface area contributed by atoms with Gasteiger partial charge in [-0.25, -0.2) is 12.8 Å². The second kappa shape index (κ2) is 9.43. The van der Waals surface area contributed by atoms with E-state index in [1.165, 1.54) is 50.3 Å². The third kappa shape index (κ3) is 5.03. The molecular weight excluding hydrogens is 443 g/mol. The third-order valence-corrected chi connectivity index (χ3v) is 8.13. The van der Waals surface area contributed by atoms with Crippen molar-refractivity contribution in [3.8, 4) is 28.3 Å². The fraction of sp³-hybridized carbons (Fsp3) is 0.280. The van der Waals surface area contributed by atoms with Crippen molar-refractivity contribution < 1.29 is 12.8 Å². The number of rotatable bonds is 6. The summed E-state index contributed by atoms with van der Waals surface area (Å²) >= 11 is 1.65. The fourth-order valence-corrected chi connectivity index (χ4v) is 6.16. The van der Waals surface area contributed by atoms with E-state index in [-0.39, 0.29) is 10.7 Å². The predicted octanol–water partition coefficient (Wildman–Crippen LogP) is 6.11. The van der Waals surface area contributed by atoms with Crippen molar-refractivity contribution >= 4 is 21.6 Å². The molecule has 1 aliphatic rings. The van der Waals surface area contributed by atoms with E-state index in [1.807, 2.05) is 0 Å². The Hall–Kier alpha value is -2.69. The molecule has 3 aromatic rings. The van der Waals surface area contributed by atoms with E-state index in [0.29, 0.717) is 22.6 Å². The zero-order chi connectivity index (χ0) is 22.7. The van der Waals surface area contributed by atoms with Gasteiger partial charge < -0.3 is 0 Å². The second-order valence-corrected chi connectivity index (χ2v) is 11.2. The highest BCUT2D eigenvalue weighted by molar-refractivity contribution is 7.99. The van der Waals surface area contributed by atoms with Gasteiger partial charge >= 0.3 is 0 Å². The van der Waals surface area contributed by atoms with Crippen molar-refractivity contribution in [2.45, 2.75) is 35.5 Å². The van der Waals surface area contributed by atoms with Crippen LogP contribution in [0.4, 0.5) is 4.39 Å². The number of halogens is 1. The lowest BCUT2D eigenvalue weighted by molar-refractivity contribution is 0.601. The topological polar surface area (TPSA) is 70.8 Å². The normalized spacial score (nSPS) is 14.4. The molecule has 1 aromatic heterocycles. The van der Waals surface area contributed by atoms with Crippen molar-refractivity contribution in [2.75, 3.05) is 12.0 Å². The van der Waals surface area contributed by atoms with Gasteiger partial charge in [0.15, 0.2) is 9.84 Å². The van der Waals surface area contributed by atoms with E-state index >= 15 is 0 Å². The van der Waals surface area contributed by atoms with Crippen molar-refractivity contribution in [1.29, 1.82) is 5.26 Å². The molecule has 1 saturated carbocycles. The maximum atomic E-state index is 13.6. The maximum Gasteiger partial charge on any atom is 0.175 e. The van der Waals surface area contributed by atoms with Gasteiger partial charge in [0.2, 0.25) is 0 Å². The number of hydrogen-bond donors (Lipinski definition) is 0. The highest BCUT2D eigenvalue weighted by Crippen LogP contribution is 2.43. The van der Waals surface area contributed by atoms with E-state index in [9.17, 15) is 18.1 Å². The first-order valence-electron chi connectivity index (χ1n) is 10.5. The molecule has 0 radical (unpaired) electrons. The van der Waals surface area contributed by atoms with Crippen molar-refractivity contribution in [3.05, 3.63) is 66.2 Å². The SMILES string of the molecule is CS(=O)(=O)c1cc(SCC2CCCC2)c(-c2cncc(C#N)c2)c(-c2ccc(F)cc2)c1. The van der Waals surface area contributed by atoms with Crippen LogP contribution in [0.15, 0.2) is 64.6 Å². The summed E-state index contributed by atoms with van der Waals surface area (Å²) in [4.78, 5) is 5.27. The van der Waals surface area contributed by atoms with Gasteiger partial charge in [0.25, 0.3) is 0 Å². The Balaban J connectivity index is 1.94. The average molecular weight is 467 g/mol. The van der Waals surface area contributed by atoms with Crippen LogP contribution >= 0.6 is 11.8 Å². The van der Waals surface area contributed by atoms with Crippen molar-refractivity contribution in [1.82, 2.24) is 4.98 Å². The first-order valence-corrected chi connectivity index (χ1v) is 13.4. The first-order chi connectivity index (χ1) is 15.3. The van der Waals surface area contributed by atoms with Gasteiger partial charge in [-0.05, 0) is 60.2 Å². The van der Waals surface area contributed by atoms with Crippen LogP contribution in [0.3, 0.4) is 0 Å². The molecule has 0 unspecified atom stereocenters. The minimum Gasteiger partial charge on any atom is -0.263 e. The highest BCUT2D eigenvalue weighted by atomic mass is 32.2. The zero-order valence-corrected chi connectivity index (χ0v) is 19.3. The minimum atomic E-state index is -3.47. The summed E-state index contributed by atoms with van der Waals surface area (Å²) < 4.78 is 38.6. The molecular formula is C25H23FN2O2S2. The van der Waals surface area contributed by atoms with E-state index in [2.05, 4.69) is 11.1 Å². The van der Waals surface area contributed by atoms with Gasteiger partial charge in [0.1, 0.15) is 11.9 Å². The van der Waals surface area contributed by atoms with Crippen molar-refractivity contribution in [3.63, 3.8) is 0 Å². The summed E-state index contributed by atoms with van der Waals surface area (Å²) in [6.07, 6.45) is 9.21. The van der Waals surface area contributed by atoms with Crippen LogP contribution in [0, 0.1) is 23.1 Å². The molecule has 7 heteroatoms. The fourth-order valence-electron chi connectivity index (χ4n) is 4.10. The molecule has 0 saturated heterocycles. The standard InChI is InChI=1S/C25H23FN2O2S2/c1-32(29,30)22-11-23(19-6-8-21(26)9-7-19)25(20-10-18(13-27)14-28-15-20)24(12-22)31-16-17-4-2-3-5-17/h6-12,14-15,17H,2-5,16H2,1H3. The van der Waals surface area contributed by atoms with Crippen LogP contribution in [-0.2, 0) is 9.84 Å². The summed E-state index contributed by atoms with van der Waals surface area (Å²) in [5.41, 5.74) is 3.36. The number of nitrogens with zero attached hydrogens (tertiary/aromatic N) is 2. The lowest BCUT2D eigenvalue weighted by atomic mass is 9.94. The van der Waals surface area contributed by atoms with E-state index in [0.717, 1.165) is 21.8 Å². The van der Waals surface area contributed by atoms with Gasteiger partial charge in [-0.2, -0.15) is 5.26 Å². The zero-order valence-electron chi connectivity index (χ0n) is 17.7. The molecule has 4 nitrogen and oxygen atoms in total. The number of sulfone groups is 1. The number of aromatic nitrogens is 1. The second-order valence-electron chi connectivity index (χ2n) is 8.16. The summed E-state index contributed by atoms with van der Waals surface area (Å²) in [7, 11) is -3.47. The predicted molar refractivity (Wildman–Crippen MR) is 126 cm³/mol. The van der Waals surface area contributed by atoms with Crippen molar-refractivity contribution in [2.24, 2.45) is 5.92 Å². The van der Waals surface area contributed by atoms with Crippen LogP contribution in [0.1, 0.15) is 31.2 Å². The largest absolute Gasteiger partial charge is 0.263 e. The average Bonchev–Trinajstić information content (AvgIpc) is 3.31. The van der Waals surface area contributed by atoms with Gasteiger partial charge in [0.05, 0.1) is 10.5 Å². The monoisotopic (exact) mass is 466 g/mol. The summed E-state index contributed by atoms with van der Waals surface area (Å²) in [6.45, 7) is 0. The Bertz CT molecular complexity index is 1280. The molecule has 1 aliphatic carbocycles. The molecule has 0 bridgehead atoms. The molecule has 1 fully saturated rings. The van der Waals surface area contributed by atoms with E-state index in [1.54, 1.807) is 48.3 Å². The van der Waals surface area contributed by atoms with Gasteiger partial charge in [-0.15, -0.1) is 11.8 Å². The minimum absolute atomic E-state index is 0.221. The summed E-state index contributed by atoms with van der Waals surface area (Å²) in [5, 5.41) is 9.38. The van der Waals surface area contributed by atoms with Gasteiger partial charge in [-0.1, -0.05) is 25.0 Å².